The molecule has 0 bridgehead atoms. The van der Waals surface area contributed by atoms with Gasteiger partial charge in [-0.25, -0.2) is 14.2 Å². The lowest BCUT2D eigenvalue weighted by Crippen LogP contribution is -2.33. The molecule has 30 heavy (non-hydrogen) atoms. The van der Waals surface area contributed by atoms with E-state index in [1.807, 2.05) is 0 Å². The van der Waals surface area contributed by atoms with E-state index in [0.29, 0.717) is 10.8 Å². The van der Waals surface area contributed by atoms with Gasteiger partial charge in [-0.2, -0.15) is 0 Å². The molecule has 1 aromatic carbocycles. The van der Waals surface area contributed by atoms with E-state index < -0.39 is 18.0 Å². The minimum atomic E-state index is -0.601. The molecular formula is C18H21FN6O4S. The number of thiazole rings is 1. The molecule has 2 aromatic rings. The first kappa shape index (κ1) is 21.3. The molecule has 0 spiro atoms. The Labute approximate surface area is 175 Å². The van der Waals surface area contributed by atoms with Gasteiger partial charge in [-0.15, -0.1) is 11.3 Å². The van der Waals surface area contributed by atoms with Crippen LogP contribution < -0.4 is 26.6 Å². The van der Waals surface area contributed by atoms with Crippen LogP contribution in [0.15, 0.2) is 23.6 Å². The molecule has 1 aliphatic heterocycles. The Morgan fingerprint density at radius 2 is 2.17 bits per heavy atom. The minimum absolute atomic E-state index is 0.193. The maximum Gasteiger partial charge on any atom is 0.414 e. The van der Waals surface area contributed by atoms with E-state index in [1.54, 1.807) is 11.4 Å². The summed E-state index contributed by atoms with van der Waals surface area (Å²) in [5.41, 5.74) is 6.31. The van der Waals surface area contributed by atoms with Crippen molar-refractivity contribution < 1.29 is 23.5 Å². The Balaban J connectivity index is 1.49. The van der Waals surface area contributed by atoms with Crippen molar-refractivity contribution in [1.82, 2.24) is 15.6 Å². The van der Waals surface area contributed by atoms with Gasteiger partial charge in [0.25, 0.3) is 5.91 Å². The SMILES string of the molecule is CC(=O)NC[C@H]1CN(c2ccc(NCCNC(=O)c3csc(N)n3)c(F)c2)C(=O)O1. The number of carbonyl (C=O) groups excluding carboxylic acids is 3. The molecule has 3 rings (SSSR count). The second kappa shape index (κ2) is 9.39. The molecule has 12 heteroatoms. The molecule has 1 atom stereocenters. The second-order valence-electron chi connectivity index (χ2n) is 6.47. The second-order valence-corrected chi connectivity index (χ2v) is 7.36. The molecule has 1 aliphatic rings. The van der Waals surface area contributed by atoms with Gasteiger partial charge in [-0.1, -0.05) is 0 Å². The molecule has 0 aliphatic carbocycles. The number of ether oxygens (including phenoxy) is 1. The molecule has 10 nitrogen and oxygen atoms in total. The van der Waals surface area contributed by atoms with Crippen LogP contribution in [0.2, 0.25) is 0 Å². The van der Waals surface area contributed by atoms with Crippen LogP contribution in [-0.4, -0.2) is 55.2 Å². The van der Waals surface area contributed by atoms with Crippen molar-refractivity contribution in [3.05, 3.63) is 35.1 Å². The number of aromatic nitrogens is 1. The van der Waals surface area contributed by atoms with Crippen LogP contribution in [0.25, 0.3) is 0 Å². The Morgan fingerprint density at radius 3 is 2.83 bits per heavy atom. The number of anilines is 3. The van der Waals surface area contributed by atoms with Crippen molar-refractivity contribution in [2.45, 2.75) is 13.0 Å². The zero-order valence-electron chi connectivity index (χ0n) is 16.1. The van der Waals surface area contributed by atoms with Gasteiger partial charge in [0, 0.05) is 25.4 Å². The number of nitrogens with one attached hydrogen (secondary N) is 3. The summed E-state index contributed by atoms with van der Waals surface area (Å²) in [5, 5.41) is 9.98. The number of cyclic esters (lactones) is 1. The molecule has 3 amide bonds. The van der Waals surface area contributed by atoms with Crippen molar-refractivity contribution in [3.8, 4) is 0 Å². The zero-order valence-corrected chi connectivity index (χ0v) is 16.9. The molecular weight excluding hydrogens is 415 g/mol. The maximum atomic E-state index is 14.4. The van der Waals surface area contributed by atoms with Crippen molar-refractivity contribution in [1.29, 1.82) is 0 Å². The lowest BCUT2D eigenvalue weighted by molar-refractivity contribution is -0.119. The van der Waals surface area contributed by atoms with Crippen molar-refractivity contribution in [3.63, 3.8) is 0 Å². The summed E-state index contributed by atoms with van der Waals surface area (Å²) >= 11 is 1.17. The number of amides is 3. The van der Waals surface area contributed by atoms with Gasteiger partial charge in [0.1, 0.15) is 17.6 Å². The van der Waals surface area contributed by atoms with Crippen LogP contribution in [0.3, 0.4) is 0 Å². The first-order valence-electron chi connectivity index (χ1n) is 9.08. The average molecular weight is 436 g/mol. The number of benzene rings is 1. The van der Waals surface area contributed by atoms with Gasteiger partial charge in [0.2, 0.25) is 5.91 Å². The molecule has 1 saturated heterocycles. The lowest BCUT2D eigenvalue weighted by atomic mass is 10.2. The first-order chi connectivity index (χ1) is 14.3. The molecule has 0 radical (unpaired) electrons. The summed E-state index contributed by atoms with van der Waals surface area (Å²) in [6.45, 7) is 2.31. The summed E-state index contributed by atoms with van der Waals surface area (Å²) in [6, 6.07) is 4.31. The number of hydrogen-bond donors (Lipinski definition) is 4. The summed E-state index contributed by atoms with van der Waals surface area (Å²) in [4.78, 5) is 40.1. The Morgan fingerprint density at radius 1 is 1.37 bits per heavy atom. The number of nitrogens with zero attached hydrogens (tertiary/aromatic N) is 2. The number of carbonyl (C=O) groups is 3. The van der Waals surface area contributed by atoms with Crippen LogP contribution in [0.1, 0.15) is 17.4 Å². The van der Waals surface area contributed by atoms with Crippen molar-refractivity contribution >= 4 is 45.8 Å². The fraction of sp³-hybridized carbons (Fsp3) is 0.333. The first-order valence-corrected chi connectivity index (χ1v) is 9.96. The highest BCUT2D eigenvalue weighted by Gasteiger charge is 2.32. The molecule has 1 aromatic heterocycles. The van der Waals surface area contributed by atoms with Gasteiger partial charge in [-0.05, 0) is 18.2 Å². The van der Waals surface area contributed by atoms with Gasteiger partial charge < -0.3 is 26.4 Å². The van der Waals surface area contributed by atoms with E-state index in [1.165, 1.54) is 35.3 Å². The number of halogens is 1. The quantitative estimate of drug-likeness (QED) is 0.456. The van der Waals surface area contributed by atoms with Crippen LogP contribution in [0.5, 0.6) is 0 Å². The van der Waals surface area contributed by atoms with Crippen molar-refractivity contribution in [2.75, 3.05) is 42.1 Å². The smallest absolute Gasteiger partial charge is 0.414 e. The highest BCUT2D eigenvalue weighted by Crippen LogP contribution is 2.25. The Bertz CT molecular complexity index is 953. The normalized spacial score (nSPS) is 15.6. The van der Waals surface area contributed by atoms with Crippen LogP contribution >= 0.6 is 11.3 Å². The molecule has 0 saturated carbocycles. The minimum Gasteiger partial charge on any atom is -0.442 e. The van der Waals surface area contributed by atoms with Gasteiger partial charge in [-0.3, -0.25) is 14.5 Å². The largest absolute Gasteiger partial charge is 0.442 e. The summed E-state index contributed by atoms with van der Waals surface area (Å²) < 4.78 is 19.6. The third-order valence-corrected chi connectivity index (χ3v) is 4.87. The summed E-state index contributed by atoms with van der Waals surface area (Å²) in [5.74, 6) is -1.14. The Kier molecular flexibility index (Phi) is 6.67. The summed E-state index contributed by atoms with van der Waals surface area (Å²) in [7, 11) is 0. The van der Waals surface area contributed by atoms with Gasteiger partial charge in [0.15, 0.2) is 5.13 Å². The zero-order chi connectivity index (χ0) is 21.7. The van der Waals surface area contributed by atoms with E-state index in [-0.39, 0.29) is 49.4 Å². The predicted molar refractivity (Wildman–Crippen MR) is 110 cm³/mol. The van der Waals surface area contributed by atoms with Crippen LogP contribution in [0.4, 0.5) is 25.7 Å². The third kappa shape index (κ3) is 5.35. The van der Waals surface area contributed by atoms with E-state index in [9.17, 15) is 18.8 Å². The monoisotopic (exact) mass is 436 g/mol. The topological polar surface area (TPSA) is 139 Å². The van der Waals surface area contributed by atoms with Crippen molar-refractivity contribution in [2.24, 2.45) is 0 Å². The standard InChI is InChI=1S/C18H21FN6O4S/c1-10(26)23-7-12-8-25(18(28)29-12)11-2-3-14(13(19)6-11)21-4-5-22-16(27)15-9-30-17(20)24-15/h2-3,6,9,12,21H,4-5,7-8H2,1H3,(H2,20,24)(H,22,27)(H,23,26)/t12-/m0/s1. The van der Waals surface area contributed by atoms with E-state index in [2.05, 4.69) is 20.9 Å². The average Bonchev–Trinajstić information content (AvgIpc) is 3.30. The fourth-order valence-electron chi connectivity index (χ4n) is 2.77. The van der Waals surface area contributed by atoms with E-state index in [0.717, 1.165) is 0 Å². The highest BCUT2D eigenvalue weighted by atomic mass is 32.1. The molecule has 2 heterocycles. The fourth-order valence-corrected chi connectivity index (χ4v) is 3.31. The molecule has 5 N–H and O–H groups in total. The molecule has 0 unspecified atom stereocenters. The highest BCUT2D eigenvalue weighted by molar-refractivity contribution is 7.13. The molecule has 160 valence electrons. The van der Waals surface area contributed by atoms with Crippen LogP contribution in [-0.2, 0) is 9.53 Å². The Hall–Kier alpha value is -3.41. The number of rotatable bonds is 8. The third-order valence-electron chi connectivity index (χ3n) is 4.20. The number of hydrogen-bond acceptors (Lipinski definition) is 8. The van der Waals surface area contributed by atoms with E-state index >= 15 is 0 Å². The molecule has 1 fully saturated rings. The van der Waals surface area contributed by atoms with E-state index in [4.69, 9.17) is 10.5 Å². The lowest BCUT2D eigenvalue weighted by Gasteiger charge is -2.15. The van der Waals surface area contributed by atoms with Crippen LogP contribution in [0, 0.1) is 5.82 Å². The number of nitrogens with two attached hydrogens (primary N) is 1. The van der Waals surface area contributed by atoms with Gasteiger partial charge in [0.05, 0.1) is 24.5 Å². The van der Waals surface area contributed by atoms with Gasteiger partial charge >= 0.3 is 6.09 Å². The predicted octanol–water partition coefficient (Wildman–Crippen LogP) is 1.17. The maximum absolute atomic E-state index is 14.4. The summed E-state index contributed by atoms with van der Waals surface area (Å²) in [6.07, 6.45) is -1.10. The number of nitrogen functional groups attached to an aromatic ring is 1.